The maximum absolute atomic E-state index is 14.1. The third kappa shape index (κ3) is 6.73. The van der Waals surface area contributed by atoms with Gasteiger partial charge in [0.2, 0.25) is 11.8 Å². The van der Waals surface area contributed by atoms with E-state index in [1.165, 1.54) is 17.0 Å². The van der Waals surface area contributed by atoms with Crippen LogP contribution in [0.2, 0.25) is 0 Å². The minimum Gasteiger partial charge on any atom is -0.444 e. The highest BCUT2D eigenvalue weighted by Gasteiger charge is 2.65. The van der Waals surface area contributed by atoms with E-state index in [1.807, 2.05) is 6.08 Å². The molecule has 0 radical (unpaired) electrons. The molecule has 1 aliphatic carbocycles. The van der Waals surface area contributed by atoms with E-state index in [4.69, 9.17) is 13.7 Å². The number of rotatable bonds is 4. The fourth-order valence-corrected chi connectivity index (χ4v) is 6.94. The molecule has 228 valence electrons. The molecule has 13 heteroatoms. The molecule has 2 amide bonds. The number of halogens is 1. The first-order chi connectivity index (χ1) is 19.8. The number of aliphatic imine (C=N–C) groups is 1. The second-order valence-corrected chi connectivity index (χ2v) is 14.7. The predicted octanol–water partition coefficient (Wildman–Crippen LogP) is 4.25. The summed E-state index contributed by atoms with van der Waals surface area (Å²) in [7, 11) is -4.17. The van der Waals surface area contributed by atoms with Gasteiger partial charge in [-0.2, -0.15) is 8.42 Å². The summed E-state index contributed by atoms with van der Waals surface area (Å²) in [6.45, 7) is 5.10. The monoisotopic (exact) mass is 665 g/mol. The zero-order chi connectivity index (χ0) is 30.3. The molecule has 11 nitrogen and oxygen atoms in total. The summed E-state index contributed by atoms with van der Waals surface area (Å²) < 4.78 is 43.6. The molecule has 1 spiro atoms. The van der Waals surface area contributed by atoms with Crippen molar-refractivity contribution in [3.8, 4) is 0 Å². The molecule has 0 unspecified atom stereocenters. The smallest absolute Gasteiger partial charge is 0.408 e. The summed E-state index contributed by atoms with van der Waals surface area (Å²) in [4.78, 5) is 45.8. The Morgan fingerprint density at radius 3 is 2.62 bits per heavy atom. The number of carbonyl (C=O) groups is 3. The summed E-state index contributed by atoms with van der Waals surface area (Å²) >= 11 is 3.29. The first-order valence-electron chi connectivity index (χ1n) is 14.2. The molecular weight excluding hydrogens is 630 g/mol. The topological polar surface area (TPSA) is 141 Å². The lowest BCUT2D eigenvalue weighted by atomic mass is 10.0. The van der Waals surface area contributed by atoms with Crippen molar-refractivity contribution in [2.24, 2.45) is 10.9 Å². The number of nitrogens with one attached hydrogen (secondary N) is 1. The SMILES string of the molecule is CC(C)(C)OC(=O)N[C@H]1CCCCCC=C[C@@H]2C[C@@]23N=C(OC3=O)[C@@H]2C[C@H](OS(=O)(=O)c3ccc(Br)cc3)CN2C1=O. The third-order valence-electron chi connectivity index (χ3n) is 7.76. The number of hydrogen-bond acceptors (Lipinski definition) is 9. The van der Waals surface area contributed by atoms with Crippen molar-refractivity contribution >= 4 is 49.9 Å². The van der Waals surface area contributed by atoms with Crippen molar-refractivity contribution in [2.75, 3.05) is 6.54 Å². The molecule has 1 N–H and O–H groups in total. The molecule has 1 aromatic carbocycles. The molecule has 3 aliphatic heterocycles. The Hall–Kier alpha value is -2.77. The minimum atomic E-state index is -4.17. The zero-order valence-corrected chi connectivity index (χ0v) is 26.3. The van der Waals surface area contributed by atoms with Crippen LogP contribution in [0.5, 0.6) is 0 Å². The molecule has 2 fully saturated rings. The van der Waals surface area contributed by atoms with E-state index in [1.54, 1.807) is 32.9 Å². The highest BCUT2D eigenvalue weighted by molar-refractivity contribution is 9.10. The Morgan fingerprint density at radius 1 is 1.17 bits per heavy atom. The Kier molecular flexibility index (Phi) is 8.56. The van der Waals surface area contributed by atoms with Crippen molar-refractivity contribution in [3.63, 3.8) is 0 Å². The Morgan fingerprint density at radius 2 is 1.90 bits per heavy atom. The molecule has 3 heterocycles. The molecule has 1 saturated heterocycles. The number of benzene rings is 1. The number of hydrogen-bond donors (Lipinski definition) is 1. The van der Waals surface area contributed by atoms with E-state index in [9.17, 15) is 22.8 Å². The van der Waals surface area contributed by atoms with Crippen LogP contribution in [-0.4, -0.2) is 73.1 Å². The van der Waals surface area contributed by atoms with Gasteiger partial charge in [0.25, 0.3) is 10.1 Å². The standard InChI is InChI=1S/C29H36BrN3O8S/c1-28(2,3)40-27(36)31-22-10-8-6-4-5-7-9-18-16-29(18)26(35)39-24(32-29)23-15-20(17-33(23)25(22)34)41-42(37,38)21-13-11-19(30)12-14-21/h7,9,11-14,18,20,22-23H,4-6,8,10,15-17H2,1-3H3,(H,31,36)/t18-,20+,22+,23+,29-/m1/s1. The number of amides is 2. The van der Waals surface area contributed by atoms with Gasteiger partial charge in [-0.25, -0.2) is 14.6 Å². The molecule has 1 saturated carbocycles. The summed E-state index contributed by atoms with van der Waals surface area (Å²) in [6.07, 6.45) is 6.56. The summed E-state index contributed by atoms with van der Waals surface area (Å²) in [5.41, 5.74) is -1.77. The number of esters is 1. The van der Waals surface area contributed by atoms with Crippen LogP contribution in [0.15, 0.2) is 50.8 Å². The average Bonchev–Trinajstić information content (AvgIpc) is 3.26. The first-order valence-corrected chi connectivity index (χ1v) is 16.4. The van der Waals surface area contributed by atoms with Crippen LogP contribution < -0.4 is 5.32 Å². The second-order valence-electron chi connectivity index (χ2n) is 12.2. The van der Waals surface area contributed by atoms with E-state index in [0.717, 1.165) is 19.3 Å². The lowest BCUT2D eigenvalue weighted by Crippen LogP contribution is -2.52. The van der Waals surface area contributed by atoms with Crippen molar-refractivity contribution in [1.82, 2.24) is 10.2 Å². The van der Waals surface area contributed by atoms with Crippen molar-refractivity contribution in [2.45, 2.75) is 99.9 Å². The molecule has 5 atom stereocenters. The quantitative estimate of drug-likeness (QED) is 0.286. The lowest BCUT2D eigenvalue weighted by molar-refractivity contribution is -0.138. The molecule has 2 bridgehead atoms. The summed E-state index contributed by atoms with van der Waals surface area (Å²) in [6, 6.07) is 4.25. The van der Waals surface area contributed by atoms with E-state index >= 15 is 0 Å². The number of allylic oxidation sites excluding steroid dienone is 1. The van der Waals surface area contributed by atoms with E-state index in [-0.39, 0.29) is 29.7 Å². The Bertz CT molecular complexity index is 1400. The van der Waals surface area contributed by atoms with Gasteiger partial charge in [0, 0.05) is 23.4 Å². The number of alkyl carbamates (subject to hydrolysis) is 1. The highest BCUT2D eigenvalue weighted by atomic mass is 79.9. The van der Waals surface area contributed by atoms with Crippen LogP contribution in [0.3, 0.4) is 0 Å². The predicted molar refractivity (Wildman–Crippen MR) is 156 cm³/mol. The molecular formula is C29H36BrN3O8S. The van der Waals surface area contributed by atoms with Crippen LogP contribution in [0.25, 0.3) is 0 Å². The molecule has 5 rings (SSSR count). The number of fused-ring (bicyclic) bond motifs is 2. The van der Waals surface area contributed by atoms with Gasteiger partial charge in [-0.15, -0.1) is 0 Å². The highest BCUT2D eigenvalue weighted by Crippen LogP contribution is 2.52. The van der Waals surface area contributed by atoms with Gasteiger partial charge >= 0.3 is 12.1 Å². The fraction of sp³-hybridized carbons (Fsp3) is 0.586. The van der Waals surface area contributed by atoms with Crippen LogP contribution >= 0.6 is 15.9 Å². The first kappa shape index (κ1) is 30.7. The third-order valence-corrected chi connectivity index (χ3v) is 9.67. The van der Waals surface area contributed by atoms with Crippen LogP contribution in [0.1, 0.15) is 65.7 Å². The number of carbonyl (C=O) groups excluding carboxylic acids is 3. The van der Waals surface area contributed by atoms with E-state index < -0.39 is 57.4 Å². The van der Waals surface area contributed by atoms with Crippen LogP contribution in [0.4, 0.5) is 4.79 Å². The van der Waals surface area contributed by atoms with Crippen LogP contribution in [-0.2, 0) is 33.4 Å². The van der Waals surface area contributed by atoms with Gasteiger partial charge in [-0.3, -0.25) is 8.98 Å². The normalized spacial score (nSPS) is 29.9. The average molecular weight is 667 g/mol. The minimum absolute atomic E-state index is 0.0258. The molecule has 42 heavy (non-hydrogen) atoms. The summed E-state index contributed by atoms with van der Waals surface area (Å²) in [5.74, 6) is -0.924. The zero-order valence-electron chi connectivity index (χ0n) is 23.9. The van der Waals surface area contributed by atoms with Gasteiger partial charge < -0.3 is 19.7 Å². The maximum atomic E-state index is 14.1. The van der Waals surface area contributed by atoms with Gasteiger partial charge in [-0.05, 0) is 70.7 Å². The lowest BCUT2D eigenvalue weighted by Gasteiger charge is -2.29. The van der Waals surface area contributed by atoms with E-state index in [0.29, 0.717) is 23.7 Å². The van der Waals surface area contributed by atoms with Gasteiger partial charge in [0.15, 0.2) is 5.54 Å². The number of nitrogens with zero attached hydrogens (tertiary/aromatic N) is 2. The fourth-order valence-electron chi connectivity index (χ4n) is 5.59. The summed E-state index contributed by atoms with van der Waals surface area (Å²) in [5, 5.41) is 2.71. The van der Waals surface area contributed by atoms with E-state index in [2.05, 4.69) is 32.3 Å². The Labute approximate surface area is 254 Å². The molecule has 0 aromatic heterocycles. The maximum Gasteiger partial charge on any atom is 0.408 e. The van der Waals surface area contributed by atoms with Crippen LogP contribution in [0, 0.1) is 5.92 Å². The van der Waals surface area contributed by atoms with Crippen molar-refractivity contribution in [3.05, 3.63) is 40.9 Å². The molecule has 1 aromatic rings. The van der Waals surface area contributed by atoms with Crippen molar-refractivity contribution in [1.29, 1.82) is 0 Å². The van der Waals surface area contributed by atoms with Gasteiger partial charge in [-0.1, -0.05) is 40.9 Å². The molecule has 4 aliphatic rings. The second kappa shape index (κ2) is 11.7. The Balaban J connectivity index is 1.44. The number of ether oxygens (including phenoxy) is 2. The van der Waals surface area contributed by atoms with Gasteiger partial charge in [0.1, 0.15) is 17.7 Å². The van der Waals surface area contributed by atoms with Crippen molar-refractivity contribution < 1.29 is 36.5 Å². The largest absolute Gasteiger partial charge is 0.444 e. The van der Waals surface area contributed by atoms with Gasteiger partial charge in [0.05, 0.1) is 11.0 Å².